The summed E-state index contributed by atoms with van der Waals surface area (Å²) >= 11 is 2.29. The lowest BCUT2D eigenvalue weighted by Crippen LogP contribution is -1.88. The van der Waals surface area contributed by atoms with Crippen LogP contribution in [-0.4, -0.2) is 15.3 Å². The smallest absolute Gasteiger partial charge is 0.284 e. The monoisotopic (exact) mass is 278 g/mol. The van der Waals surface area contributed by atoms with Gasteiger partial charge in [0.1, 0.15) is 0 Å². The van der Waals surface area contributed by atoms with Crippen molar-refractivity contribution in [2.24, 2.45) is 0 Å². The van der Waals surface area contributed by atoms with Crippen molar-refractivity contribution < 1.29 is 13.6 Å². The topological polar surface area (TPSA) is 69.1 Å². The van der Waals surface area contributed by atoms with Gasteiger partial charge in [0.05, 0.1) is 11.1 Å². The van der Waals surface area contributed by atoms with E-state index >= 15 is 0 Å². The first-order valence-corrected chi connectivity index (χ1v) is 6.65. The number of hydrogen-bond donors (Lipinski definition) is 0. The third-order valence-electron chi connectivity index (χ3n) is 2.04. The van der Waals surface area contributed by atoms with Crippen molar-refractivity contribution in [2.45, 2.75) is 5.22 Å². The number of thioether (sulfide) groups is 1. The number of carbonyl (C=O) groups excluding carboxylic acids is 1. The maximum Gasteiger partial charge on any atom is 0.284 e. The summed E-state index contributed by atoms with van der Waals surface area (Å²) in [6.45, 7) is 0. The lowest BCUT2D eigenvalue weighted by Gasteiger charge is -1.90. The Balaban J connectivity index is 1.76. The molecule has 0 saturated heterocycles. The van der Waals surface area contributed by atoms with Crippen LogP contribution < -0.4 is 0 Å². The van der Waals surface area contributed by atoms with E-state index in [-0.39, 0.29) is 16.2 Å². The first-order valence-electron chi connectivity index (χ1n) is 4.96. The van der Waals surface area contributed by atoms with Crippen LogP contribution in [0, 0.1) is 0 Å². The molecule has 0 unspecified atom stereocenters. The van der Waals surface area contributed by atoms with Crippen LogP contribution in [0.1, 0.15) is 9.67 Å². The van der Waals surface area contributed by atoms with Gasteiger partial charge >= 0.3 is 0 Å². The van der Waals surface area contributed by atoms with E-state index in [4.69, 9.17) is 8.83 Å². The van der Waals surface area contributed by atoms with Crippen molar-refractivity contribution in [3.8, 4) is 11.7 Å². The molecule has 0 N–H and O–H groups in total. The van der Waals surface area contributed by atoms with E-state index in [1.807, 2.05) is 11.4 Å². The van der Waals surface area contributed by atoms with Gasteiger partial charge in [-0.25, -0.2) is 0 Å². The molecular weight excluding hydrogens is 272 g/mol. The summed E-state index contributed by atoms with van der Waals surface area (Å²) in [7, 11) is 0. The number of rotatable bonds is 3. The van der Waals surface area contributed by atoms with E-state index in [0.717, 1.165) is 11.8 Å². The van der Waals surface area contributed by atoms with Crippen molar-refractivity contribution in [3.63, 3.8) is 0 Å². The molecular formula is C11H6N2O3S2. The van der Waals surface area contributed by atoms with Crippen LogP contribution in [0.15, 0.2) is 50.0 Å². The summed E-state index contributed by atoms with van der Waals surface area (Å²) in [6.07, 6.45) is 1.52. The zero-order valence-electron chi connectivity index (χ0n) is 8.90. The summed E-state index contributed by atoms with van der Waals surface area (Å²) in [5.41, 5.74) is 0. The molecule has 0 amide bonds. The molecule has 0 bridgehead atoms. The molecule has 0 aliphatic heterocycles. The Bertz CT molecular complexity index is 644. The predicted molar refractivity (Wildman–Crippen MR) is 66.5 cm³/mol. The SMILES string of the molecule is O=C(Sc1nnc(-c2ccco2)o1)c1cccs1. The van der Waals surface area contributed by atoms with Crippen molar-refractivity contribution in [2.75, 3.05) is 0 Å². The molecule has 3 rings (SSSR count). The quantitative estimate of drug-likeness (QED) is 0.684. The standard InChI is InChI=1S/C11H6N2O3S2/c14-10(8-4-2-6-17-8)18-11-13-12-9(16-11)7-3-1-5-15-7/h1-6H. The van der Waals surface area contributed by atoms with Gasteiger partial charge < -0.3 is 8.83 Å². The van der Waals surface area contributed by atoms with Crippen LogP contribution in [0.3, 0.4) is 0 Å². The van der Waals surface area contributed by atoms with Crippen LogP contribution in [0.4, 0.5) is 0 Å². The fraction of sp³-hybridized carbons (Fsp3) is 0. The third kappa shape index (κ3) is 2.22. The summed E-state index contributed by atoms with van der Waals surface area (Å²) in [5.74, 6) is 0.749. The highest BCUT2D eigenvalue weighted by Gasteiger charge is 2.16. The van der Waals surface area contributed by atoms with Gasteiger partial charge in [-0.15, -0.1) is 21.5 Å². The minimum Gasteiger partial charge on any atom is -0.459 e. The largest absolute Gasteiger partial charge is 0.459 e. The highest BCUT2D eigenvalue weighted by atomic mass is 32.2. The summed E-state index contributed by atoms with van der Waals surface area (Å²) < 4.78 is 10.4. The van der Waals surface area contributed by atoms with Crippen molar-refractivity contribution >= 4 is 28.2 Å². The lowest BCUT2D eigenvalue weighted by molar-refractivity contribution is 0.109. The molecule has 0 radical (unpaired) electrons. The Hall–Kier alpha value is -1.86. The van der Waals surface area contributed by atoms with E-state index in [1.54, 1.807) is 18.2 Å². The molecule has 90 valence electrons. The second-order valence-corrected chi connectivity index (χ2v) is 5.09. The Morgan fingerprint density at radius 2 is 2.22 bits per heavy atom. The van der Waals surface area contributed by atoms with Crippen molar-refractivity contribution in [1.82, 2.24) is 10.2 Å². The zero-order chi connectivity index (χ0) is 12.4. The van der Waals surface area contributed by atoms with Gasteiger partial charge in [0.2, 0.25) is 5.12 Å². The van der Waals surface area contributed by atoms with Gasteiger partial charge in [-0.05, 0) is 23.6 Å². The second kappa shape index (κ2) is 4.79. The van der Waals surface area contributed by atoms with E-state index in [2.05, 4.69) is 10.2 Å². The predicted octanol–water partition coefficient (Wildman–Crippen LogP) is 3.32. The van der Waals surface area contributed by atoms with Crippen LogP contribution in [0.5, 0.6) is 0 Å². The van der Waals surface area contributed by atoms with Crippen LogP contribution in [0.2, 0.25) is 0 Å². The fourth-order valence-electron chi connectivity index (χ4n) is 1.28. The Morgan fingerprint density at radius 1 is 1.28 bits per heavy atom. The van der Waals surface area contributed by atoms with Gasteiger partial charge in [-0.1, -0.05) is 6.07 Å². The average Bonchev–Trinajstić information content (AvgIpc) is 3.12. The zero-order valence-corrected chi connectivity index (χ0v) is 10.5. The molecule has 0 fully saturated rings. The van der Waals surface area contributed by atoms with Crippen molar-refractivity contribution in [3.05, 3.63) is 40.8 Å². The summed E-state index contributed by atoms with van der Waals surface area (Å²) in [4.78, 5) is 12.4. The molecule has 0 saturated carbocycles. The van der Waals surface area contributed by atoms with Gasteiger partial charge in [-0.2, -0.15) is 0 Å². The maximum atomic E-state index is 11.8. The number of carbonyl (C=O) groups is 1. The Morgan fingerprint density at radius 3 is 2.94 bits per heavy atom. The number of hydrogen-bond acceptors (Lipinski definition) is 7. The highest BCUT2D eigenvalue weighted by molar-refractivity contribution is 8.14. The first-order chi connectivity index (χ1) is 8.83. The molecule has 3 aromatic heterocycles. The van der Waals surface area contributed by atoms with Crippen LogP contribution in [0.25, 0.3) is 11.7 Å². The molecule has 3 aromatic rings. The molecule has 5 nitrogen and oxygen atoms in total. The van der Waals surface area contributed by atoms with Gasteiger partial charge in [-0.3, -0.25) is 4.79 Å². The summed E-state index contributed by atoms with van der Waals surface area (Å²) in [5, 5.41) is 9.54. The number of thiophene rings is 1. The fourth-order valence-corrected chi connectivity index (χ4v) is 2.63. The average molecular weight is 278 g/mol. The van der Waals surface area contributed by atoms with E-state index in [1.165, 1.54) is 17.6 Å². The second-order valence-electron chi connectivity index (χ2n) is 3.22. The minimum atomic E-state index is -0.111. The van der Waals surface area contributed by atoms with Crippen molar-refractivity contribution in [1.29, 1.82) is 0 Å². The normalized spacial score (nSPS) is 10.7. The number of nitrogens with zero attached hydrogens (tertiary/aromatic N) is 2. The van der Waals surface area contributed by atoms with Crippen LogP contribution in [-0.2, 0) is 0 Å². The third-order valence-corrected chi connectivity index (χ3v) is 3.78. The molecule has 7 heteroatoms. The van der Waals surface area contributed by atoms with E-state index in [0.29, 0.717) is 10.6 Å². The van der Waals surface area contributed by atoms with E-state index < -0.39 is 0 Å². The first kappa shape index (κ1) is 11.2. The maximum absolute atomic E-state index is 11.8. The summed E-state index contributed by atoms with van der Waals surface area (Å²) in [6, 6.07) is 7.01. The lowest BCUT2D eigenvalue weighted by atomic mass is 10.5. The molecule has 18 heavy (non-hydrogen) atoms. The molecule has 0 spiro atoms. The minimum absolute atomic E-state index is 0.111. The van der Waals surface area contributed by atoms with Crippen LogP contribution >= 0.6 is 23.1 Å². The Kier molecular flexibility index (Phi) is 2.99. The molecule has 0 aromatic carbocycles. The van der Waals surface area contributed by atoms with Gasteiger partial charge in [0.15, 0.2) is 5.76 Å². The molecule has 0 aliphatic carbocycles. The van der Waals surface area contributed by atoms with Gasteiger partial charge in [0, 0.05) is 11.8 Å². The number of aromatic nitrogens is 2. The molecule has 0 atom stereocenters. The van der Waals surface area contributed by atoms with Gasteiger partial charge in [0.25, 0.3) is 11.1 Å². The number of furan rings is 1. The Labute approximate surface area is 110 Å². The molecule has 0 aliphatic rings. The van der Waals surface area contributed by atoms with E-state index in [9.17, 15) is 4.79 Å². The highest BCUT2D eigenvalue weighted by Crippen LogP contribution is 2.27. The molecule has 3 heterocycles.